The van der Waals surface area contributed by atoms with E-state index in [1.165, 1.54) is 6.07 Å². The van der Waals surface area contributed by atoms with Crippen LogP contribution in [0.3, 0.4) is 0 Å². The van der Waals surface area contributed by atoms with Crippen LogP contribution in [0.4, 0.5) is 5.69 Å². The van der Waals surface area contributed by atoms with Crippen molar-refractivity contribution in [2.75, 3.05) is 6.54 Å². The lowest BCUT2D eigenvalue weighted by Gasteiger charge is -2.07. The third kappa shape index (κ3) is 3.55. The summed E-state index contributed by atoms with van der Waals surface area (Å²) in [6.45, 7) is 3.69. The van der Waals surface area contributed by atoms with Crippen molar-refractivity contribution in [3.8, 4) is 0 Å². The molecule has 1 N–H and O–H groups in total. The van der Waals surface area contributed by atoms with Crippen LogP contribution in [-0.2, 0) is 13.1 Å². The Kier molecular flexibility index (Phi) is 4.70. The van der Waals surface area contributed by atoms with Crippen LogP contribution in [0.25, 0.3) is 0 Å². The minimum atomic E-state index is -0.417. The van der Waals surface area contributed by atoms with Gasteiger partial charge in [-0.25, -0.2) is 0 Å². The molecule has 0 aliphatic carbocycles. The number of rotatable bonds is 6. The Labute approximate surface area is 121 Å². The smallest absolute Gasteiger partial charge is 0.275 e. The van der Waals surface area contributed by atoms with Gasteiger partial charge in [-0.3, -0.25) is 14.8 Å². The highest BCUT2D eigenvalue weighted by atomic mass is 35.5. The molecule has 7 heteroatoms. The zero-order chi connectivity index (χ0) is 14.5. The summed E-state index contributed by atoms with van der Waals surface area (Å²) in [4.78, 5) is 10.5. The molecule has 2 aromatic rings. The predicted molar refractivity (Wildman–Crippen MR) is 76.8 cm³/mol. The van der Waals surface area contributed by atoms with Crippen molar-refractivity contribution in [1.82, 2.24) is 15.1 Å². The molecule has 0 aliphatic rings. The third-order valence-corrected chi connectivity index (χ3v) is 3.23. The monoisotopic (exact) mass is 294 g/mol. The molecule has 0 saturated carbocycles. The quantitative estimate of drug-likeness (QED) is 0.505. The molecule has 0 spiro atoms. The van der Waals surface area contributed by atoms with Crippen LogP contribution in [0.2, 0.25) is 5.02 Å². The first kappa shape index (κ1) is 14.5. The summed E-state index contributed by atoms with van der Waals surface area (Å²) in [5.74, 6) is 0. The highest BCUT2D eigenvalue weighted by Crippen LogP contribution is 2.25. The van der Waals surface area contributed by atoms with E-state index >= 15 is 0 Å². The number of nitro benzene ring substituents is 1. The van der Waals surface area contributed by atoms with E-state index in [9.17, 15) is 10.1 Å². The van der Waals surface area contributed by atoms with E-state index in [0.29, 0.717) is 30.2 Å². The number of aromatic nitrogens is 2. The molecule has 2 rings (SSSR count). The fourth-order valence-corrected chi connectivity index (χ4v) is 2.13. The van der Waals surface area contributed by atoms with Gasteiger partial charge in [0.1, 0.15) is 0 Å². The van der Waals surface area contributed by atoms with Crippen LogP contribution >= 0.6 is 11.6 Å². The van der Waals surface area contributed by atoms with Crippen molar-refractivity contribution in [1.29, 1.82) is 0 Å². The van der Waals surface area contributed by atoms with Crippen LogP contribution in [0.5, 0.6) is 0 Å². The van der Waals surface area contributed by atoms with Gasteiger partial charge in [-0.15, -0.1) is 0 Å². The molecule has 0 unspecified atom stereocenters. The lowest BCUT2D eigenvalue weighted by Crippen LogP contribution is -2.20. The summed E-state index contributed by atoms with van der Waals surface area (Å²) in [7, 11) is 0. The normalized spacial score (nSPS) is 10.7. The highest BCUT2D eigenvalue weighted by molar-refractivity contribution is 6.31. The van der Waals surface area contributed by atoms with Crippen molar-refractivity contribution in [3.63, 3.8) is 0 Å². The van der Waals surface area contributed by atoms with E-state index < -0.39 is 4.92 Å². The molecule has 0 bridgehead atoms. The van der Waals surface area contributed by atoms with E-state index in [2.05, 4.69) is 10.4 Å². The lowest BCUT2D eigenvalue weighted by molar-refractivity contribution is -0.385. The van der Waals surface area contributed by atoms with Crippen LogP contribution in [-0.4, -0.2) is 21.2 Å². The number of hydrogen-bond acceptors (Lipinski definition) is 4. The molecule has 0 radical (unpaired) electrons. The maximum absolute atomic E-state index is 10.9. The van der Waals surface area contributed by atoms with Gasteiger partial charge in [-0.05, 0) is 18.6 Å². The van der Waals surface area contributed by atoms with Crippen LogP contribution in [0.15, 0.2) is 30.6 Å². The second kappa shape index (κ2) is 6.49. The number of hydrogen-bond donors (Lipinski definition) is 1. The minimum Gasteiger partial charge on any atom is -0.311 e. The Hall–Kier alpha value is -1.92. The van der Waals surface area contributed by atoms with Gasteiger partial charge in [0.25, 0.3) is 5.69 Å². The third-order valence-electron chi connectivity index (χ3n) is 2.87. The minimum absolute atomic E-state index is 0.0416. The van der Waals surface area contributed by atoms with Gasteiger partial charge >= 0.3 is 0 Å². The molecular weight excluding hydrogens is 280 g/mol. The molecule has 106 valence electrons. The molecule has 0 amide bonds. The highest BCUT2D eigenvalue weighted by Gasteiger charge is 2.15. The topological polar surface area (TPSA) is 73.0 Å². The van der Waals surface area contributed by atoms with Gasteiger partial charge in [0.15, 0.2) is 0 Å². The molecule has 0 aliphatic heterocycles. The fraction of sp³-hybridized carbons (Fsp3) is 0.308. The first-order valence-electron chi connectivity index (χ1n) is 6.19. The second-order valence-corrected chi connectivity index (χ2v) is 4.86. The SMILES string of the molecule is Cc1cnn(CCNCc2c(Cl)cccc2[N+](=O)[O-])c1. The number of nitro groups is 1. The van der Waals surface area contributed by atoms with Gasteiger partial charge in [0.2, 0.25) is 0 Å². The summed E-state index contributed by atoms with van der Waals surface area (Å²) in [5, 5.41) is 18.7. The van der Waals surface area contributed by atoms with Crippen molar-refractivity contribution < 1.29 is 4.92 Å². The molecule has 1 aromatic carbocycles. The lowest BCUT2D eigenvalue weighted by atomic mass is 10.2. The summed E-state index contributed by atoms with van der Waals surface area (Å²) in [5.41, 5.74) is 1.66. The zero-order valence-corrected chi connectivity index (χ0v) is 11.8. The molecular formula is C13H15ClN4O2. The van der Waals surface area contributed by atoms with E-state index in [-0.39, 0.29) is 5.69 Å². The van der Waals surface area contributed by atoms with E-state index in [1.54, 1.807) is 18.3 Å². The standard InChI is InChI=1S/C13H15ClN4O2/c1-10-7-16-17(9-10)6-5-15-8-11-12(14)3-2-4-13(11)18(19)20/h2-4,7,9,15H,5-6,8H2,1H3. The average molecular weight is 295 g/mol. The number of aryl methyl sites for hydroxylation is 1. The average Bonchev–Trinajstić information content (AvgIpc) is 2.81. The molecule has 1 aromatic heterocycles. The van der Waals surface area contributed by atoms with Gasteiger partial charge in [-0.1, -0.05) is 17.7 Å². The number of nitrogens with one attached hydrogen (secondary N) is 1. The van der Waals surface area contributed by atoms with Gasteiger partial charge in [0.05, 0.1) is 28.3 Å². The van der Waals surface area contributed by atoms with E-state index in [0.717, 1.165) is 5.56 Å². The molecule has 0 atom stereocenters. The molecule has 0 fully saturated rings. The summed E-state index contributed by atoms with van der Waals surface area (Å²) in [6, 6.07) is 4.69. The Balaban J connectivity index is 1.92. The van der Waals surface area contributed by atoms with Crippen LogP contribution in [0.1, 0.15) is 11.1 Å². The Morgan fingerprint density at radius 3 is 2.95 bits per heavy atom. The van der Waals surface area contributed by atoms with E-state index in [1.807, 2.05) is 17.8 Å². The molecule has 0 saturated heterocycles. The Bertz CT molecular complexity index is 612. The van der Waals surface area contributed by atoms with Crippen molar-refractivity contribution in [3.05, 3.63) is 56.9 Å². The number of benzene rings is 1. The predicted octanol–water partition coefficient (Wildman–Crippen LogP) is 2.54. The number of halogens is 1. The van der Waals surface area contributed by atoms with E-state index in [4.69, 9.17) is 11.6 Å². The number of nitrogens with zero attached hydrogens (tertiary/aromatic N) is 3. The van der Waals surface area contributed by atoms with Crippen LogP contribution in [0, 0.1) is 17.0 Å². The first-order valence-corrected chi connectivity index (χ1v) is 6.57. The van der Waals surface area contributed by atoms with Gasteiger partial charge < -0.3 is 5.32 Å². The summed E-state index contributed by atoms with van der Waals surface area (Å²) >= 11 is 6.01. The van der Waals surface area contributed by atoms with Crippen molar-refractivity contribution in [2.45, 2.75) is 20.0 Å². The van der Waals surface area contributed by atoms with Crippen LogP contribution < -0.4 is 5.32 Å². The molecule has 6 nitrogen and oxygen atoms in total. The largest absolute Gasteiger partial charge is 0.311 e. The first-order chi connectivity index (χ1) is 9.58. The Morgan fingerprint density at radius 1 is 1.50 bits per heavy atom. The molecule has 20 heavy (non-hydrogen) atoms. The van der Waals surface area contributed by atoms with Crippen molar-refractivity contribution in [2.24, 2.45) is 0 Å². The van der Waals surface area contributed by atoms with Gasteiger partial charge in [-0.2, -0.15) is 5.10 Å². The molecule has 1 heterocycles. The fourth-order valence-electron chi connectivity index (χ4n) is 1.89. The maximum atomic E-state index is 10.9. The summed E-state index contributed by atoms with van der Waals surface area (Å²) < 4.78 is 1.82. The zero-order valence-electron chi connectivity index (χ0n) is 11.0. The second-order valence-electron chi connectivity index (χ2n) is 4.45. The van der Waals surface area contributed by atoms with Crippen molar-refractivity contribution >= 4 is 17.3 Å². The summed E-state index contributed by atoms with van der Waals surface area (Å²) in [6.07, 6.45) is 3.73. The van der Waals surface area contributed by atoms with Gasteiger partial charge in [0, 0.05) is 25.4 Å². The Morgan fingerprint density at radius 2 is 2.30 bits per heavy atom. The maximum Gasteiger partial charge on any atom is 0.275 e.